The second kappa shape index (κ2) is 9.66. The van der Waals surface area contributed by atoms with E-state index >= 15 is 0 Å². The van der Waals surface area contributed by atoms with Crippen LogP contribution in [0.1, 0.15) is 22.3 Å². The van der Waals surface area contributed by atoms with Crippen LogP contribution in [0, 0.1) is 23.0 Å². The van der Waals surface area contributed by atoms with Gasteiger partial charge >= 0.3 is 0 Å². The summed E-state index contributed by atoms with van der Waals surface area (Å²) in [6.45, 7) is -0.126. The smallest absolute Gasteiger partial charge is 0.258 e. The monoisotopic (exact) mass is 554 g/mol. The largest absolute Gasteiger partial charge is 0.384 e. The molecule has 1 amide bonds. The number of hydrogen-bond acceptors (Lipinski definition) is 7. The van der Waals surface area contributed by atoms with Gasteiger partial charge < -0.3 is 20.9 Å². The number of nitrogens with two attached hydrogens (primary N) is 1. The Bertz CT molecular complexity index is 1830. The van der Waals surface area contributed by atoms with Gasteiger partial charge in [-0.25, -0.2) is 13.8 Å². The standard InChI is InChI=1S/C29H20F2N6O2S/c30-18-8-5-6-16(12-18)15-40-28-35-25-23(26(38)36-28)29(20(13-32)24(33)34-25)19-9-2-4-11-22(19)37(27(29)39)14-17-7-1-3-10-21(17)31/h1-12H,14-15,33H2,(H2,34,35,36,38). The van der Waals surface area contributed by atoms with Crippen molar-refractivity contribution in [1.82, 2.24) is 9.97 Å². The van der Waals surface area contributed by atoms with Crippen LogP contribution in [0.5, 0.6) is 0 Å². The molecule has 1 aromatic heterocycles. The van der Waals surface area contributed by atoms with Gasteiger partial charge in [0.2, 0.25) is 5.91 Å². The van der Waals surface area contributed by atoms with Crippen LogP contribution in [0.2, 0.25) is 0 Å². The molecule has 3 heterocycles. The molecule has 0 radical (unpaired) electrons. The molecule has 0 fully saturated rings. The van der Waals surface area contributed by atoms with Crippen molar-refractivity contribution in [2.24, 2.45) is 5.73 Å². The van der Waals surface area contributed by atoms with Gasteiger partial charge in [0.05, 0.1) is 17.7 Å². The Kier molecular flexibility index (Phi) is 6.12. The van der Waals surface area contributed by atoms with Crippen LogP contribution in [0.4, 0.5) is 20.3 Å². The zero-order valence-electron chi connectivity index (χ0n) is 20.7. The molecule has 1 atom stereocenters. The van der Waals surface area contributed by atoms with Crippen LogP contribution in [0.25, 0.3) is 0 Å². The fraction of sp³-hybridized carbons (Fsp3) is 0.103. The van der Waals surface area contributed by atoms with Crippen molar-refractivity contribution in [2.45, 2.75) is 22.9 Å². The molecule has 0 aliphatic carbocycles. The lowest BCUT2D eigenvalue weighted by Crippen LogP contribution is -2.49. The minimum Gasteiger partial charge on any atom is -0.384 e. The van der Waals surface area contributed by atoms with Gasteiger partial charge in [0.25, 0.3) is 5.56 Å². The van der Waals surface area contributed by atoms with E-state index in [1.807, 2.05) is 6.07 Å². The van der Waals surface area contributed by atoms with Gasteiger partial charge in [-0.05, 0) is 29.8 Å². The summed E-state index contributed by atoms with van der Waals surface area (Å²) in [7, 11) is 0. The Hall–Kier alpha value is -4.95. The Balaban J connectivity index is 1.50. The number of nitrogens with one attached hydrogen (secondary N) is 2. The van der Waals surface area contributed by atoms with E-state index in [1.54, 1.807) is 54.6 Å². The number of rotatable bonds is 5. The fourth-order valence-corrected chi connectivity index (χ4v) is 6.09. The molecule has 0 saturated heterocycles. The summed E-state index contributed by atoms with van der Waals surface area (Å²) in [4.78, 5) is 36.8. The lowest BCUT2D eigenvalue weighted by molar-refractivity contribution is -0.120. The average molecular weight is 555 g/mol. The van der Waals surface area contributed by atoms with E-state index in [2.05, 4.69) is 15.3 Å². The molecule has 40 heavy (non-hydrogen) atoms. The number of carbonyl (C=O) groups is 1. The van der Waals surface area contributed by atoms with E-state index in [0.717, 1.165) is 0 Å². The van der Waals surface area contributed by atoms with Crippen molar-refractivity contribution in [3.8, 4) is 6.07 Å². The summed E-state index contributed by atoms with van der Waals surface area (Å²) in [5, 5.41) is 13.3. The van der Waals surface area contributed by atoms with E-state index in [0.29, 0.717) is 22.6 Å². The quantitative estimate of drug-likeness (QED) is 0.248. The number of aromatic nitrogens is 2. The lowest BCUT2D eigenvalue weighted by atomic mass is 9.69. The Morgan fingerprint density at radius 2 is 1.82 bits per heavy atom. The van der Waals surface area contributed by atoms with Crippen LogP contribution in [-0.2, 0) is 22.5 Å². The molecule has 3 aromatic carbocycles. The zero-order chi connectivity index (χ0) is 28.0. The molecule has 8 nitrogen and oxygen atoms in total. The number of fused-ring (bicyclic) bond motifs is 4. The molecule has 1 unspecified atom stereocenters. The van der Waals surface area contributed by atoms with Crippen molar-refractivity contribution >= 4 is 29.2 Å². The van der Waals surface area contributed by atoms with Crippen molar-refractivity contribution in [3.05, 3.63) is 128 Å². The first-order valence-corrected chi connectivity index (χ1v) is 13.2. The predicted octanol–water partition coefficient (Wildman–Crippen LogP) is 4.29. The number of carbonyl (C=O) groups excluding carboxylic acids is 1. The maximum Gasteiger partial charge on any atom is 0.258 e. The molecule has 2 aliphatic heterocycles. The molecule has 11 heteroatoms. The van der Waals surface area contributed by atoms with E-state index < -0.39 is 22.7 Å². The fourth-order valence-electron chi connectivity index (χ4n) is 5.29. The van der Waals surface area contributed by atoms with Gasteiger partial charge in [0.1, 0.15) is 34.8 Å². The SMILES string of the molecule is N#CC1=C(N)Nc2nc(SCc3cccc(F)c3)[nH]c(=O)c2C12C(=O)N(Cc1ccccc1F)c1ccccc12. The third-order valence-corrected chi connectivity index (χ3v) is 7.94. The minimum atomic E-state index is -1.90. The molecule has 6 rings (SSSR count). The maximum atomic E-state index is 14.6. The van der Waals surface area contributed by atoms with Crippen molar-refractivity contribution < 1.29 is 13.6 Å². The van der Waals surface area contributed by atoms with E-state index in [-0.39, 0.29) is 45.9 Å². The third kappa shape index (κ3) is 3.84. The first-order chi connectivity index (χ1) is 19.3. The summed E-state index contributed by atoms with van der Waals surface area (Å²) < 4.78 is 28.3. The molecule has 2 aliphatic rings. The number of hydrogen-bond donors (Lipinski definition) is 3. The van der Waals surface area contributed by atoms with Gasteiger partial charge in [-0.2, -0.15) is 5.26 Å². The minimum absolute atomic E-state index is 0.0258. The summed E-state index contributed by atoms with van der Waals surface area (Å²) >= 11 is 1.17. The number of para-hydroxylation sites is 1. The molecular formula is C29H20F2N6O2S. The molecule has 0 bridgehead atoms. The number of benzene rings is 3. The number of halogens is 2. The number of nitriles is 1. The van der Waals surface area contributed by atoms with Gasteiger partial charge in [0, 0.05) is 22.6 Å². The topological polar surface area (TPSA) is 128 Å². The van der Waals surface area contributed by atoms with E-state index in [1.165, 1.54) is 34.9 Å². The number of anilines is 2. The first-order valence-electron chi connectivity index (χ1n) is 12.2. The Morgan fingerprint density at radius 3 is 2.60 bits per heavy atom. The number of H-pyrrole nitrogens is 1. The second-order valence-corrected chi connectivity index (χ2v) is 10.3. The maximum absolute atomic E-state index is 14.6. The number of amides is 1. The van der Waals surface area contributed by atoms with Gasteiger partial charge in [0.15, 0.2) is 5.16 Å². The van der Waals surface area contributed by atoms with Gasteiger partial charge in [-0.1, -0.05) is 60.3 Å². The zero-order valence-corrected chi connectivity index (χ0v) is 21.6. The van der Waals surface area contributed by atoms with Crippen molar-refractivity contribution in [1.29, 1.82) is 5.26 Å². The molecular weight excluding hydrogens is 534 g/mol. The summed E-state index contributed by atoms with van der Waals surface area (Å²) in [6.07, 6.45) is 0. The summed E-state index contributed by atoms with van der Waals surface area (Å²) in [6, 6.07) is 20.9. The number of thioether (sulfide) groups is 1. The van der Waals surface area contributed by atoms with Crippen molar-refractivity contribution in [2.75, 3.05) is 10.2 Å². The third-order valence-electron chi connectivity index (χ3n) is 7.00. The van der Waals surface area contributed by atoms with Crippen LogP contribution < -0.4 is 21.5 Å². The highest BCUT2D eigenvalue weighted by Gasteiger charge is 2.60. The molecule has 4 aromatic rings. The van der Waals surface area contributed by atoms with Gasteiger partial charge in [-0.15, -0.1) is 0 Å². The van der Waals surface area contributed by atoms with Crippen LogP contribution in [0.15, 0.2) is 94.1 Å². The normalized spacial score (nSPS) is 17.4. The average Bonchev–Trinajstić information content (AvgIpc) is 3.16. The number of aromatic amines is 1. The summed E-state index contributed by atoms with van der Waals surface area (Å²) in [5.74, 6) is -1.27. The Labute approximate surface area is 231 Å². The molecule has 0 saturated carbocycles. The highest BCUT2D eigenvalue weighted by atomic mass is 32.2. The molecule has 198 valence electrons. The lowest BCUT2D eigenvalue weighted by Gasteiger charge is -2.34. The van der Waals surface area contributed by atoms with Crippen LogP contribution in [0.3, 0.4) is 0 Å². The molecule has 4 N–H and O–H groups in total. The first kappa shape index (κ1) is 25.3. The summed E-state index contributed by atoms with van der Waals surface area (Å²) in [5.41, 5.74) is 5.27. The van der Waals surface area contributed by atoms with Crippen LogP contribution in [-0.4, -0.2) is 15.9 Å². The van der Waals surface area contributed by atoms with E-state index in [4.69, 9.17) is 5.73 Å². The Morgan fingerprint density at radius 1 is 1.05 bits per heavy atom. The van der Waals surface area contributed by atoms with E-state index in [9.17, 15) is 23.6 Å². The van der Waals surface area contributed by atoms with Crippen molar-refractivity contribution in [3.63, 3.8) is 0 Å². The highest BCUT2D eigenvalue weighted by Crippen LogP contribution is 2.53. The predicted molar refractivity (Wildman–Crippen MR) is 146 cm³/mol. The highest BCUT2D eigenvalue weighted by molar-refractivity contribution is 7.98. The van der Waals surface area contributed by atoms with Crippen LogP contribution >= 0.6 is 11.8 Å². The van der Waals surface area contributed by atoms with Gasteiger partial charge in [-0.3, -0.25) is 9.59 Å². The number of nitrogens with zero attached hydrogens (tertiary/aromatic N) is 3. The second-order valence-electron chi connectivity index (χ2n) is 9.29. The molecule has 1 spiro atoms.